The van der Waals surface area contributed by atoms with E-state index in [0.29, 0.717) is 22.3 Å². The molecule has 0 unspecified atom stereocenters. The first-order valence-corrected chi connectivity index (χ1v) is 12.9. The summed E-state index contributed by atoms with van der Waals surface area (Å²) in [7, 11) is 0. The smallest absolute Gasteiger partial charge is 0.150 e. The van der Waals surface area contributed by atoms with Crippen LogP contribution in [-0.2, 0) is 0 Å². The number of aldehydes is 2. The molecule has 5 aromatic carbocycles. The van der Waals surface area contributed by atoms with E-state index in [1.165, 1.54) is 0 Å². The molecule has 0 fully saturated rings. The molecule has 0 aliphatic heterocycles. The molecule has 0 amide bonds. The van der Waals surface area contributed by atoms with E-state index in [0.717, 1.165) is 63.0 Å². The van der Waals surface area contributed by atoms with Crippen molar-refractivity contribution in [3.8, 4) is 33.4 Å². The largest absolute Gasteiger partial charge is 0.399 e. The summed E-state index contributed by atoms with van der Waals surface area (Å²) in [6.07, 6.45) is 4.56. The average Bonchev–Trinajstić information content (AvgIpc) is 3.01. The number of carbonyl (C=O) groups is 2. The summed E-state index contributed by atoms with van der Waals surface area (Å²) in [5.74, 6) is 0. The third-order valence-electron chi connectivity index (χ3n) is 6.65. The molecule has 5 aromatic rings. The van der Waals surface area contributed by atoms with Gasteiger partial charge in [-0.3, -0.25) is 9.59 Å². The number of carbonyl (C=O) groups excluding carboxylic acids is 2. The second-order valence-electron chi connectivity index (χ2n) is 9.42. The molecule has 0 saturated carbocycles. The van der Waals surface area contributed by atoms with Crippen molar-refractivity contribution in [1.82, 2.24) is 0 Å². The fraction of sp³-hybridized carbons (Fsp3) is 0. The van der Waals surface area contributed by atoms with Crippen LogP contribution in [0.2, 0.25) is 0 Å². The molecule has 0 aliphatic carbocycles. The second-order valence-corrected chi connectivity index (χ2v) is 9.42. The molecule has 0 atom stereocenters. The molecule has 0 saturated heterocycles. The van der Waals surface area contributed by atoms with Gasteiger partial charge in [0.25, 0.3) is 0 Å². The lowest BCUT2D eigenvalue weighted by molar-refractivity contribution is 0.111. The molecule has 6 N–H and O–H groups in total. The minimum Gasteiger partial charge on any atom is -0.399 e. The molecule has 202 valence electrons. The van der Waals surface area contributed by atoms with E-state index < -0.39 is 0 Å². The van der Waals surface area contributed by atoms with Gasteiger partial charge in [-0.05, 0) is 111 Å². The Bertz CT molecular complexity index is 1470. The van der Waals surface area contributed by atoms with E-state index in [-0.39, 0.29) is 0 Å². The maximum absolute atomic E-state index is 10.7. The molecule has 0 aromatic heterocycles. The molecular formula is C36H31N3O2. The zero-order valence-electron chi connectivity index (χ0n) is 22.6. The third-order valence-corrected chi connectivity index (χ3v) is 6.65. The lowest BCUT2D eigenvalue weighted by Gasteiger charge is -2.12. The summed E-state index contributed by atoms with van der Waals surface area (Å²) >= 11 is 0. The van der Waals surface area contributed by atoms with Crippen LogP contribution in [0.25, 0.3) is 45.5 Å². The van der Waals surface area contributed by atoms with Gasteiger partial charge in [-0.1, -0.05) is 61.7 Å². The van der Waals surface area contributed by atoms with Crippen LogP contribution in [0.1, 0.15) is 31.8 Å². The van der Waals surface area contributed by atoms with Crippen LogP contribution in [0.3, 0.4) is 0 Å². The highest BCUT2D eigenvalue weighted by molar-refractivity contribution is 5.89. The molecule has 0 bridgehead atoms. The number of rotatable bonds is 7. The standard InChI is InChI=1S/C24H21N3.C12H10O2/c25-22-7-1-16(2-8-22)19-13-20(17-3-9-23(26)10-4-17)15-21(14-19)18-5-11-24(27)12-6-18;1-3-9-5-12(8-14)10(4-2)6-11(9)7-13/h1-15H,25-27H2;3-8H,1-2H2. The van der Waals surface area contributed by atoms with Gasteiger partial charge in [-0.15, -0.1) is 0 Å². The Morgan fingerprint density at radius 1 is 0.390 bits per heavy atom. The fourth-order valence-electron chi connectivity index (χ4n) is 4.38. The summed E-state index contributed by atoms with van der Waals surface area (Å²) in [5, 5.41) is 0. The first-order chi connectivity index (χ1) is 19.8. The van der Waals surface area contributed by atoms with E-state index >= 15 is 0 Å². The van der Waals surface area contributed by atoms with Crippen LogP contribution in [0.4, 0.5) is 17.1 Å². The highest BCUT2D eigenvalue weighted by Gasteiger charge is 2.08. The van der Waals surface area contributed by atoms with Gasteiger partial charge in [0.05, 0.1) is 0 Å². The van der Waals surface area contributed by atoms with Gasteiger partial charge in [0.1, 0.15) is 0 Å². The average molecular weight is 538 g/mol. The lowest BCUT2D eigenvalue weighted by Crippen LogP contribution is -1.93. The Labute approximate surface area is 240 Å². The Kier molecular flexibility index (Phi) is 8.92. The van der Waals surface area contributed by atoms with Crippen molar-refractivity contribution in [3.63, 3.8) is 0 Å². The molecule has 5 rings (SSSR count). The summed E-state index contributed by atoms with van der Waals surface area (Å²) < 4.78 is 0. The van der Waals surface area contributed by atoms with Crippen LogP contribution in [0, 0.1) is 0 Å². The van der Waals surface area contributed by atoms with Crippen molar-refractivity contribution in [2.75, 3.05) is 17.2 Å². The van der Waals surface area contributed by atoms with E-state index in [1.807, 2.05) is 72.8 Å². The van der Waals surface area contributed by atoms with Gasteiger partial charge in [-0.25, -0.2) is 0 Å². The lowest BCUT2D eigenvalue weighted by atomic mass is 9.93. The highest BCUT2D eigenvalue weighted by atomic mass is 16.1. The van der Waals surface area contributed by atoms with Crippen LogP contribution in [-0.4, -0.2) is 12.6 Å². The molecule has 0 spiro atoms. The number of hydrogen-bond acceptors (Lipinski definition) is 5. The molecule has 0 aliphatic rings. The third kappa shape index (κ3) is 6.85. The Morgan fingerprint density at radius 3 is 0.878 bits per heavy atom. The van der Waals surface area contributed by atoms with Crippen molar-refractivity contribution in [1.29, 1.82) is 0 Å². The van der Waals surface area contributed by atoms with Gasteiger partial charge in [0.2, 0.25) is 0 Å². The summed E-state index contributed by atoms with van der Waals surface area (Å²) in [6, 6.07) is 33.7. The molecule has 0 radical (unpaired) electrons. The van der Waals surface area contributed by atoms with Crippen LogP contribution in [0.5, 0.6) is 0 Å². The van der Waals surface area contributed by atoms with E-state index in [9.17, 15) is 9.59 Å². The van der Waals surface area contributed by atoms with E-state index in [1.54, 1.807) is 24.3 Å². The molecular weight excluding hydrogens is 506 g/mol. The predicted molar refractivity (Wildman–Crippen MR) is 173 cm³/mol. The zero-order chi connectivity index (χ0) is 29.4. The van der Waals surface area contributed by atoms with Gasteiger partial charge >= 0.3 is 0 Å². The summed E-state index contributed by atoms with van der Waals surface area (Å²) in [6.45, 7) is 7.14. The van der Waals surface area contributed by atoms with Crippen LogP contribution >= 0.6 is 0 Å². The maximum atomic E-state index is 10.7. The van der Waals surface area contributed by atoms with Gasteiger partial charge in [-0.2, -0.15) is 0 Å². The van der Waals surface area contributed by atoms with Gasteiger partial charge in [0.15, 0.2) is 12.6 Å². The van der Waals surface area contributed by atoms with Crippen molar-refractivity contribution < 1.29 is 9.59 Å². The predicted octanol–water partition coefficient (Wildman–Crippen LogP) is 8.03. The minimum atomic E-state index is 0.514. The molecule has 5 nitrogen and oxygen atoms in total. The summed E-state index contributed by atoms with van der Waals surface area (Å²) in [4.78, 5) is 21.4. The Hall–Kier alpha value is -5.68. The molecule has 5 heteroatoms. The van der Waals surface area contributed by atoms with Gasteiger partial charge in [0, 0.05) is 28.2 Å². The normalized spacial score (nSPS) is 10.1. The van der Waals surface area contributed by atoms with Crippen LogP contribution in [0.15, 0.2) is 116 Å². The highest BCUT2D eigenvalue weighted by Crippen LogP contribution is 2.33. The molecule has 41 heavy (non-hydrogen) atoms. The SMILES string of the molecule is C=Cc1cc(C=O)c(C=C)cc1C=O.Nc1ccc(-c2cc(-c3ccc(N)cc3)cc(-c3ccc(N)cc3)c2)cc1. The monoisotopic (exact) mass is 537 g/mol. The first-order valence-electron chi connectivity index (χ1n) is 12.9. The van der Waals surface area contributed by atoms with E-state index in [4.69, 9.17) is 17.2 Å². The van der Waals surface area contributed by atoms with Gasteiger partial charge < -0.3 is 17.2 Å². The fourth-order valence-corrected chi connectivity index (χ4v) is 4.38. The quantitative estimate of drug-likeness (QED) is 0.144. The number of hydrogen-bond donors (Lipinski definition) is 3. The number of benzene rings is 5. The van der Waals surface area contributed by atoms with Crippen molar-refractivity contribution in [3.05, 3.63) is 139 Å². The second kappa shape index (κ2) is 12.9. The van der Waals surface area contributed by atoms with Crippen molar-refractivity contribution in [2.24, 2.45) is 0 Å². The topological polar surface area (TPSA) is 112 Å². The van der Waals surface area contributed by atoms with Crippen LogP contribution < -0.4 is 17.2 Å². The first kappa shape index (κ1) is 28.3. The maximum Gasteiger partial charge on any atom is 0.150 e. The van der Waals surface area contributed by atoms with Crippen molar-refractivity contribution >= 4 is 41.8 Å². The minimum absolute atomic E-state index is 0.514. The zero-order valence-corrected chi connectivity index (χ0v) is 22.6. The number of anilines is 3. The number of nitrogens with two attached hydrogens (primary N) is 3. The Balaban J connectivity index is 0.000000234. The number of nitrogen functional groups attached to an aromatic ring is 3. The summed E-state index contributed by atoms with van der Waals surface area (Å²) in [5.41, 5.74) is 28.9. The van der Waals surface area contributed by atoms with Crippen molar-refractivity contribution in [2.45, 2.75) is 0 Å². The Morgan fingerprint density at radius 2 is 0.659 bits per heavy atom. The molecule has 0 heterocycles. The van der Waals surface area contributed by atoms with E-state index in [2.05, 4.69) is 31.4 Å².